The van der Waals surface area contributed by atoms with Gasteiger partial charge in [-0.1, -0.05) is 12.1 Å². The minimum atomic E-state index is -5.01. The Morgan fingerprint density at radius 3 is 2.42 bits per heavy atom. The van der Waals surface area contributed by atoms with E-state index in [0.29, 0.717) is 11.6 Å². The number of anilines is 1. The van der Waals surface area contributed by atoms with E-state index in [-0.39, 0.29) is 13.1 Å². The predicted octanol–water partition coefficient (Wildman–Crippen LogP) is 2.57. The van der Waals surface area contributed by atoms with E-state index < -0.39 is 27.0 Å². The molecule has 1 aromatic carbocycles. The average Bonchev–Trinajstić information content (AvgIpc) is 3.03. The summed E-state index contributed by atoms with van der Waals surface area (Å²) in [5.41, 5.74) is 1.74. The van der Waals surface area contributed by atoms with Gasteiger partial charge < -0.3 is 10.1 Å². The molecule has 0 radical (unpaired) electrons. The van der Waals surface area contributed by atoms with Gasteiger partial charge in [0.05, 0.1) is 5.69 Å². The zero-order chi connectivity index (χ0) is 22.6. The molecule has 0 saturated carbocycles. The number of nitrogens with one attached hydrogen (secondary N) is 2. The Balaban J connectivity index is 1.58. The first-order valence-electron chi connectivity index (χ1n) is 9.01. The lowest BCUT2D eigenvalue weighted by Crippen LogP contribution is -2.30. The summed E-state index contributed by atoms with van der Waals surface area (Å²) in [7, 11) is -4.23. The van der Waals surface area contributed by atoms with Crippen molar-refractivity contribution >= 4 is 15.8 Å². The lowest BCUT2D eigenvalue weighted by molar-refractivity contribution is -0.275. The Kier molecular flexibility index (Phi) is 6.45. The lowest BCUT2D eigenvalue weighted by Gasteiger charge is -2.14. The maximum absolute atomic E-state index is 12.5. The van der Waals surface area contributed by atoms with E-state index >= 15 is 0 Å². The van der Waals surface area contributed by atoms with Crippen LogP contribution >= 0.6 is 0 Å². The number of sulfonamides is 1. The molecule has 0 aliphatic heterocycles. The van der Waals surface area contributed by atoms with E-state index in [2.05, 4.69) is 30.1 Å². The van der Waals surface area contributed by atoms with Crippen LogP contribution in [0.2, 0.25) is 0 Å². The topological polar surface area (TPSA) is 111 Å². The van der Waals surface area contributed by atoms with Crippen molar-refractivity contribution in [1.82, 2.24) is 24.7 Å². The van der Waals surface area contributed by atoms with Crippen molar-refractivity contribution in [3.63, 3.8) is 0 Å². The summed E-state index contributed by atoms with van der Waals surface area (Å²) in [6.45, 7) is 3.76. The van der Waals surface area contributed by atoms with E-state index in [1.165, 1.54) is 12.1 Å². The van der Waals surface area contributed by atoms with Crippen LogP contribution in [0.25, 0.3) is 5.82 Å². The van der Waals surface area contributed by atoms with Gasteiger partial charge >= 0.3 is 6.36 Å². The first-order valence-corrected chi connectivity index (χ1v) is 10.5. The van der Waals surface area contributed by atoms with E-state index in [9.17, 15) is 21.6 Å². The maximum atomic E-state index is 12.5. The van der Waals surface area contributed by atoms with E-state index in [1.807, 2.05) is 19.9 Å². The number of halogens is 3. The molecule has 9 nitrogen and oxygen atoms in total. The quantitative estimate of drug-likeness (QED) is 0.501. The van der Waals surface area contributed by atoms with E-state index in [1.54, 1.807) is 16.8 Å². The van der Waals surface area contributed by atoms with Gasteiger partial charge in [-0.15, -0.1) is 23.4 Å². The number of benzene rings is 1. The van der Waals surface area contributed by atoms with Gasteiger partial charge in [0.2, 0.25) is 10.0 Å². The molecule has 3 rings (SSSR count). The first kappa shape index (κ1) is 22.5. The molecule has 31 heavy (non-hydrogen) atoms. The van der Waals surface area contributed by atoms with Crippen molar-refractivity contribution < 1.29 is 26.3 Å². The highest BCUT2D eigenvalue weighted by molar-refractivity contribution is 7.89. The number of rotatable bonds is 8. The summed E-state index contributed by atoms with van der Waals surface area (Å²) in [5.74, 6) is 0.115. The molecule has 3 aromatic rings. The molecule has 0 bridgehead atoms. The van der Waals surface area contributed by atoms with Crippen molar-refractivity contribution in [3.8, 4) is 11.6 Å². The molecule has 0 aliphatic carbocycles. The van der Waals surface area contributed by atoms with Crippen molar-refractivity contribution in [3.05, 3.63) is 53.9 Å². The van der Waals surface area contributed by atoms with Crippen LogP contribution in [0.1, 0.15) is 11.4 Å². The minimum Gasteiger partial charge on any atom is -0.404 e. The number of ether oxygens (including phenoxy) is 1. The predicted molar refractivity (Wildman–Crippen MR) is 105 cm³/mol. The summed E-state index contributed by atoms with van der Waals surface area (Å²) >= 11 is 0. The highest BCUT2D eigenvalue weighted by atomic mass is 32.2. The molecule has 0 amide bonds. The zero-order valence-electron chi connectivity index (χ0n) is 16.5. The molecule has 0 atom stereocenters. The fourth-order valence-electron chi connectivity index (χ4n) is 2.73. The average molecular weight is 456 g/mol. The fraction of sp³-hybridized carbons (Fsp3) is 0.278. The van der Waals surface area contributed by atoms with E-state index in [4.69, 9.17) is 0 Å². The molecule has 13 heteroatoms. The minimum absolute atomic E-state index is 0.108. The number of alkyl halides is 3. The molecule has 0 spiro atoms. The lowest BCUT2D eigenvalue weighted by atomic mass is 10.3. The summed E-state index contributed by atoms with van der Waals surface area (Å²) in [6, 6.07) is 9.76. The summed E-state index contributed by atoms with van der Waals surface area (Å²) in [6.07, 6.45) is -5.01. The molecule has 2 N–H and O–H groups in total. The fourth-order valence-corrected chi connectivity index (χ4v) is 3.89. The smallest absolute Gasteiger partial charge is 0.404 e. The zero-order valence-corrected chi connectivity index (χ0v) is 17.3. The molecule has 0 saturated heterocycles. The number of aryl methyl sites for hydroxylation is 2. The third kappa shape index (κ3) is 5.92. The highest BCUT2D eigenvalue weighted by Gasteiger charge is 2.33. The van der Waals surface area contributed by atoms with Crippen molar-refractivity contribution in [1.29, 1.82) is 0 Å². The molecule has 166 valence electrons. The highest BCUT2D eigenvalue weighted by Crippen LogP contribution is 2.29. The normalized spacial score (nSPS) is 12.0. The molecule has 2 aromatic heterocycles. The third-order valence-corrected chi connectivity index (χ3v) is 5.47. The second-order valence-corrected chi connectivity index (χ2v) is 8.17. The monoisotopic (exact) mass is 456 g/mol. The Morgan fingerprint density at radius 2 is 1.81 bits per heavy atom. The van der Waals surface area contributed by atoms with Crippen LogP contribution < -0.4 is 14.8 Å². The van der Waals surface area contributed by atoms with Gasteiger partial charge in [-0.25, -0.2) is 17.8 Å². The van der Waals surface area contributed by atoms with Gasteiger partial charge in [0.1, 0.15) is 16.5 Å². The second-order valence-electron chi connectivity index (χ2n) is 6.43. The van der Waals surface area contributed by atoms with Crippen molar-refractivity contribution in [2.45, 2.75) is 25.1 Å². The van der Waals surface area contributed by atoms with Crippen molar-refractivity contribution in [2.24, 2.45) is 0 Å². The van der Waals surface area contributed by atoms with Gasteiger partial charge in [-0.3, -0.25) is 0 Å². The maximum Gasteiger partial charge on any atom is 0.573 e. The number of aromatic nitrogens is 4. The molecule has 0 fully saturated rings. The molecular formula is C18H19F3N6O3S. The molecule has 2 heterocycles. The first-order chi connectivity index (χ1) is 14.5. The van der Waals surface area contributed by atoms with Gasteiger partial charge in [0.15, 0.2) is 5.82 Å². The molecule has 0 unspecified atom stereocenters. The number of hydrogen-bond acceptors (Lipinski definition) is 7. The third-order valence-electron chi connectivity index (χ3n) is 3.96. The number of para-hydroxylation sites is 1. The van der Waals surface area contributed by atoms with Crippen LogP contribution in [-0.4, -0.2) is 47.8 Å². The van der Waals surface area contributed by atoms with Crippen molar-refractivity contribution in [2.75, 3.05) is 18.4 Å². The molecule has 0 aliphatic rings. The summed E-state index contributed by atoms with van der Waals surface area (Å²) < 4.78 is 69.9. The summed E-state index contributed by atoms with van der Waals surface area (Å²) in [5, 5.41) is 15.3. The van der Waals surface area contributed by atoms with Crippen LogP contribution in [0.15, 0.2) is 47.4 Å². The van der Waals surface area contributed by atoms with E-state index in [0.717, 1.165) is 23.5 Å². The Morgan fingerprint density at radius 1 is 1.06 bits per heavy atom. The number of hydrogen-bond donors (Lipinski definition) is 2. The van der Waals surface area contributed by atoms with Crippen LogP contribution in [0.5, 0.6) is 5.75 Å². The number of nitrogens with zero attached hydrogens (tertiary/aromatic N) is 4. The Bertz CT molecular complexity index is 1150. The van der Waals surface area contributed by atoms with Gasteiger partial charge in [-0.05, 0) is 44.2 Å². The van der Waals surface area contributed by atoms with Gasteiger partial charge in [0.25, 0.3) is 0 Å². The van der Waals surface area contributed by atoms with Crippen LogP contribution in [0.4, 0.5) is 19.0 Å². The Hall–Kier alpha value is -3.19. The second kappa shape index (κ2) is 8.89. The van der Waals surface area contributed by atoms with Crippen LogP contribution in [0.3, 0.4) is 0 Å². The van der Waals surface area contributed by atoms with Crippen LogP contribution in [-0.2, 0) is 10.0 Å². The molecular weight excluding hydrogens is 437 g/mol. The van der Waals surface area contributed by atoms with Gasteiger partial charge in [-0.2, -0.15) is 5.10 Å². The Labute approximate surface area is 176 Å². The standard InChI is InChI=1S/C18H19F3N6O3S/c1-12-11-13(2)27(26-12)17-8-7-16(24-25-17)22-9-10-23-31(28,29)15-6-4-3-5-14(15)30-18(19,20)21/h3-8,11,23H,9-10H2,1-2H3,(H,22,24). The SMILES string of the molecule is Cc1cc(C)n(-c2ccc(NCCNS(=O)(=O)c3ccccc3OC(F)(F)F)nn2)n1. The van der Waals surface area contributed by atoms with Gasteiger partial charge in [0, 0.05) is 18.8 Å². The largest absolute Gasteiger partial charge is 0.573 e. The van der Waals surface area contributed by atoms with Crippen LogP contribution in [0, 0.1) is 13.8 Å². The summed E-state index contributed by atoms with van der Waals surface area (Å²) in [4.78, 5) is -0.610.